The van der Waals surface area contributed by atoms with Crippen LogP contribution in [0.15, 0.2) is 41.7 Å². The highest BCUT2D eigenvalue weighted by Gasteiger charge is 2.10. The molecule has 0 aliphatic rings. The molecule has 1 atom stereocenters. The fourth-order valence-corrected chi connectivity index (χ4v) is 3.50. The summed E-state index contributed by atoms with van der Waals surface area (Å²) in [4.78, 5) is 12.3. The largest absolute Gasteiger partial charge is 0.493 e. The molecule has 0 saturated heterocycles. The third kappa shape index (κ3) is 4.75. The van der Waals surface area contributed by atoms with E-state index in [2.05, 4.69) is 15.0 Å². The summed E-state index contributed by atoms with van der Waals surface area (Å²) in [6, 6.07) is 9.82. The first-order valence-corrected chi connectivity index (χ1v) is 9.59. The Bertz CT molecular complexity index is 820. The van der Waals surface area contributed by atoms with Crippen LogP contribution in [0, 0.1) is 6.92 Å². The van der Waals surface area contributed by atoms with Crippen molar-refractivity contribution in [1.82, 2.24) is 15.0 Å². The Morgan fingerprint density at radius 3 is 2.92 bits per heavy atom. The lowest BCUT2D eigenvalue weighted by Gasteiger charge is -2.12. The maximum Gasteiger partial charge on any atom is 0.166 e. The van der Waals surface area contributed by atoms with E-state index in [4.69, 9.17) is 9.84 Å². The molecule has 0 fully saturated rings. The number of ether oxygens (including phenoxy) is 1. The summed E-state index contributed by atoms with van der Waals surface area (Å²) in [5.74, 6) is 1.50. The number of hydrogen-bond donors (Lipinski definition) is 3. The molecule has 0 saturated carbocycles. The molecule has 3 rings (SSSR count). The van der Waals surface area contributed by atoms with Crippen LogP contribution in [0.2, 0.25) is 0 Å². The van der Waals surface area contributed by atoms with Gasteiger partial charge in [0.05, 0.1) is 36.0 Å². The Hall–Kier alpha value is -2.09. The van der Waals surface area contributed by atoms with Crippen LogP contribution < -0.4 is 4.74 Å². The van der Waals surface area contributed by atoms with Crippen molar-refractivity contribution >= 4 is 22.8 Å². The third-order valence-corrected chi connectivity index (χ3v) is 5.01. The predicted octanol–water partition coefficient (Wildman–Crippen LogP) is 3.07. The van der Waals surface area contributed by atoms with E-state index in [1.165, 1.54) is 0 Å². The van der Waals surface area contributed by atoms with Gasteiger partial charge in [0.2, 0.25) is 0 Å². The van der Waals surface area contributed by atoms with E-state index in [1.54, 1.807) is 18.0 Å². The van der Waals surface area contributed by atoms with Crippen molar-refractivity contribution in [3.05, 3.63) is 47.8 Å². The number of nitrogens with one attached hydrogen (secondary N) is 1. The molecule has 138 valence electrons. The number of pyridine rings is 1. The number of thioether (sulfide) groups is 1. The molecule has 3 N–H and O–H groups in total. The van der Waals surface area contributed by atoms with Crippen LogP contribution in [0.1, 0.15) is 24.1 Å². The summed E-state index contributed by atoms with van der Waals surface area (Å²) in [7, 11) is 0. The number of imidazole rings is 1. The Morgan fingerprint density at radius 2 is 2.12 bits per heavy atom. The molecule has 0 aliphatic carbocycles. The van der Waals surface area contributed by atoms with Crippen molar-refractivity contribution in [2.75, 3.05) is 13.2 Å². The number of fused-ring (bicyclic) bond motifs is 1. The molecular weight excluding hydrogens is 350 g/mol. The SMILES string of the molecule is Cc1c(OCCCC(O)CO)ccnc1CSc1nc2ccccc2[nH]1. The maximum atomic E-state index is 9.36. The summed E-state index contributed by atoms with van der Waals surface area (Å²) in [6.45, 7) is 2.29. The molecule has 0 bridgehead atoms. The van der Waals surface area contributed by atoms with E-state index in [9.17, 15) is 5.11 Å². The Labute approximate surface area is 156 Å². The average molecular weight is 373 g/mol. The Morgan fingerprint density at radius 1 is 1.27 bits per heavy atom. The molecule has 0 aliphatic heterocycles. The van der Waals surface area contributed by atoms with Crippen LogP contribution in [-0.4, -0.2) is 44.5 Å². The lowest BCUT2D eigenvalue weighted by Crippen LogP contribution is -2.13. The summed E-state index contributed by atoms with van der Waals surface area (Å²) in [5.41, 5.74) is 3.96. The number of aliphatic hydroxyl groups is 2. The van der Waals surface area contributed by atoms with Gasteiger partial charge in [0.1, 0.15) is 5.75 Å². The first-order chi connectivity index (χ1) is 12.7. The zero-order valence-electron chi connectivity index (χ0n) is 14.7. The second-order valence-corrected chi connectivity index (χ2v) is 7.02. The number of hydrogen-bond acceptors (Lipinski definition) is 6. The van der Waals surface area contributed by atoms with Crippen molar-refractivity contribution in [2.24, 2.45) is 0 Å². The summed E-state index contributed by atoms with van der Waals surface area (Å²) < 4.78 is 5.81. The molecule has 1 aromatic carbocycles. The fourth-order valence-electron chi connectivity index (χ4n) is 2.59. The van der Waals surface area contributed by atoms with E-state index in [0.29, 0.717) is 25.2 Å². The van der Waals surface area contributed by atoms with Gasteiger partial charge in [0.25, 0.3) is 0 Å². The number of benzene rings is 1. The number of nitrogens with zero attached hydrogens (tertiary/aromatic N) is 2. The number of para-hydroxylation sites is 2. The smallest absolute Gasteiger partial charge is 0.166 e. The average Bonchev–Trinajstić information content (AvgIpc) is 3.08. The Kier molecular flexibility index (Phi) is 6.49. The van der Waals surface area contributed by atoms with Gasteiger partial charge in [-0.3, -0.25) is 4.98 Å². The minimum absolute atomic E-state index is 0.211. The van der Waals surface area contributed by atoms with Gasteiger partial charge in [-0.2, -0.15) is 0 Å². The number of H-pyrrole nitrogens is 1. The number of aromatic nitrogens is 3. The van der Waals surface area contributed by atoms with Gasteiger partial charge >= 0.3 is 0 Å². The lowest BCUT2D eigenvalue weighted by molar-refractivity contribution is 0.0827. The minimum atomic E-state index is -0.673. The normalized spacial score (nSPS) is 12.4. The van der Waals surface area contributed by atoms with Crippen molar-refractivity contribution in [1.29, 1.82) is 0 Å². The summed E-state index contributed by atoms with van der Waals surface area (Å²) in [6.07, 6.45) is 2.29. The van der Waals surface area contributed by atoms with Crippen LogP contribution in [0.25, 0.3) is 11.0 Å². The van der Waals surface area contributed by atoms with E-state index in [0.717, 1.165) is 33.2 Å². The van der Waals surface area contributed by atoms with Gasteiger partial charge < -0.3 is 19.9 Å². The topological polar surface area (TPSA) is 91.3 Å². The first-order valence-electron chi connectivity index (χ1n) is 8.61. The second kappa shape index (κ2) is 9.02. The predicted molar refractivity (Wildman–Crippen MR) is 102 cm³/mol. The van der Waals surface area contributed by atoms with Gasteiger partial charge in [-0.25, -0.2) is 4.98 Å². The summed E-state index contributed by atoms with van der Waals surface area (Å²) >= 11 is 1.61. The van der Waals surface area contributed by atoms with E-state index < -0.39 is 6.10 Å². The van der Waals surface area contributed by atoms with E-state index >= 15 is 0 Å². The van der Waals surface area contributed by atoms with Crippen molar-refractivity contribution < 1.29 is 14.9 Å². The number of aliphatic hydroxyl groups excluding tert-OH is 2. The van der Waals surface area contributed by atoms with Gasteiger partial charge in [-0.15, -0.1) is 0 Å². The molecular formula is C19H23N3O3S. The molecule has 1 unspecified atom stereocenters. The van der Waals surface area contributed by atoms with Crippen molar-refractivity contribution in [3.63, 3.8) is 0 Å². The van der Waals surface area contributed by atoms with E-state index in [1.807, 2.05) is 37.3 Å². The molecule has 2 aromatic heterocycles. The number of rotatable bonds is 9. The molecule has 26 heavy (non-hydrogen) atoms. The fraction of sp³-hybridized carbons (Fsp3) is 0.368. The highest BCUT2D eigenvalue weighted by atomic mass is 32.2. The molecule has 2 heterocycles. The standard InChI is InChI=1S/C19H23N3O3S/c1-13-17(12-26-19-21-15-6-2-3-7-16(15)22-19)20-9-8-18(13)25-10-4-5-14(24)11-23/h2-3,6-9,14,23-24H,4-5,10-12H2,1H3,(H,21,22). The van der Waals surface area contributed by atoms with Crippen LogP contribution in [0.5, 0.6) is 5.75 Å². The van der Waals surface area contributed by atoms with Crippen molar-refractivity contribution in [2.45, 2.75) is 36.8 Å². The van der Waals surface area contributed by atoms with Crippen LogP contribution in [0.4, 0.5) is 0 Å². The third-order valence-electron chi connectivity index (χ3n) is 4.12. The van der Waals surface area contributed by atoms with Gasteiger partial charge in [0.15, 0.2) is 5.16 Å². The molecule has 7 heteroatoms. The number of aromatic amines is 1. The summed E-state index contributed by atoms with van der Waals surface area (Å²) in [5, 5.41) is 19.1. The second-order valence-electron chi connectivity index (χ2n) is 6.06. The zero-order chi connectivity index (χ0) is 18.4. The van der Waals surface area contributed by atoms with Gasteiger partial charge in [-0.05, 0) is 38.0 Å². The first kappa shape index (κ1) is 18.7. The molecule has 0 radical (unpaired) electrons. The van der Waals surface area contributed by atoms with Crippen LogP contribution in [0.3, 0.4) is 0 Å². The van der Waals surface area contributed by atoms with E-state index in [-0.39, 0.29) is 6.61 Å². The van der Waals surface area contributed by atoms with Gasteiger partial charge in [0, 0.05) is 17.5 Å². The lowest BCUT2D eigenvalue weighted by atomic mass is 10.2. The minimum Gasteiger partial charge on any atom is -0.493 e. The zero-order valence-corrected chi connectivity index (χ0v) is 15.5. The van der Waals surface area contributed by atoms with Gasteiger partial charge in [-0.1, -0.05) is 23.9 Å². The highest BCUT2D eigenvalue weighted by Crippen LogP contribution is 2.27. The van der Waals surface area contributed by atoms with Crippen LogP contribution >= 0.6 is 11.8 Å². The van der Waals surface area contributed by atoms with Crippen LogP contribution in [-0.2, 0) is 5.75 Å². The highest BCUT2D eigenvalue weighted by molar-refractivity contribution is 7.98. The maximum absolute atomic E-state index is 9.36. The quantitative estimate of drug-likeness (QED) is 0.394. The molecule has 3 aromatic rings. The van der Waals surface area contributed by atoms with Crippen molar-refractivity contribution in [3.8, 4) is 5.75 Å². The molecule has 0 amide bonds. The molecule has 6 nitrogen and oxygen atoms in total. The molecule has 0 spiro atoms. The monoisotopic (exact) mass is 373 g/mol. The Balaban J connectivity index is 1.58.